The van der Waals surface area contributed by atoms with Crippen LogP contribution in [-0.4, -0.2) is 37.0 Å². The molecule has 0 aliphatic rings. The number of carboxylic acids is 2. The average molecular weight is 289 g/mol. The van der Waals surface area contributed by atoms with E-state index in [1.807, 2.05) is 0 Å². The highest BCUT2D eigenvalue weighted by Gasteiger charge is 2.20. The summed E-state index contributed by atoms with van der Waals surface area (Å²) in [6, 6.07) is 5.19. The number of carbonyl (C=O) groups is 2. The van der Waals surface area contributed by atoms with Gasteiger partial charge >= 0.3 is 11.9 Å². The first-order valence-corrected chi connectivity index (χ1v) is 5.48. The van der Waals surface area contributed by atoms with Crippen molar-refractivity contribution in [3.8, 4) is 11.3 Å². The largest absolute Gasteiger partial charge is 0.476 e. The molecule has 0 radical (unpaired) electrons. The standard InChI is InChI=1S/C12H7N3O6/c16-11(17)9-10(12(18)19)14-8(5-13-9)6-1-3-7(4-2-6)15(20)21/h1-5H,(H,16,17)(H,18,19). The predicted octanol–water partition coefficient (Wildman–Crippen LogP) is 1.45. The van der Waals surface area contributed by atoms with Gasteiger partial charge in [-0.25, -0.2) is 19.6 Å². The van der Waals surface area contributed by atoms with Crippen LogP contribution in [0.15, 0.2) is 30.5 Å². The third-order valence-electron chi connectivity index (χ3n) is 2.55. The van der Waals surface area contributed by atoms with Gasteiger partial charge in [-0.1, -0.05) is 0 Å². The van der Waals surface area contributed by atoms with Gasteiger partial charge in [0, 0.05) is 17.7 Å². The summed E-state index contributed by atoms with van der Waals surface area (Å²) in [6.07, 6.45) is 1.09. The zero-order chi connectivity index (χ0) is 15.6. The van der Waals surface area contributed by atoms with E-state index in [-0.39, 0.29) is 11.4 Å². The molecule has 0 aliphatic heterocycles. The molecule has 9 heteroatoms. The number of nitro groups is 1. The van der Waals surface area contributed by atoms with Crippen LogP contribution in [0.3, 0.4) is 0 Å². The van der Waals surface area contributed by atoms with Gasteiger partial charge in [0.15, 0.2) is 11.4 Å². The minimum atomic E-state index is -1.52. The molecule has 2 aromatic rings. The summed E-state index contributed by atoms with van der Waals surface area (Å²) >= 11 is 0. The van der Waals surface area contributed by atoms with Crippen molar-refractivity contribution in [2.75, 3.05) is 0 Å². The summed E-state index contributed by atoms with van der Waals surface area (Å²) in [5.41, 5.74) is -1.02. The van der Waals surface area contributed by atoms with E-state index in [9.17, 15) is 19.7 Å². The normalized spacial score (nSPS) is 10.1. The molecule has 0 spiro atoms. The van der Waals surface area contributed by atoms with Crippen LogP contribution in [0.5, 0.6) is 0 Å². The van der Waals surface area contributed by atoms with Gasteiger partial charge in [0.05, 0.1) is 16.8 Å². The third-order valence-corrected chi connectivity index (χ3v) is 2.55. The first-order chi connectivity index (χ1) is 9.90. The monoisotopic (exact) mass is 289 g/mol. The number of rotatable bonds is 4. The molecule has 0 bridgehead atoms. The Labute approximate surface area is 116 Å². The van der Waals surface area contributed by atoms with Crippen LogP contribution in [0.1, 0.15) is 21.0 Å². The molecule has 0 saturated carbocycles. The zero-order valence-corrected chi connectivity index (χ0v) is 10.3. The lowest BCUT2D eigenvalue weighted by atomic mass is 10.1. The van der Waals surface area contributed by atoms with Crippen molar-refractivity contribution in [3.63, 3.8) is 0 Å². The predicted molar refractivity (Wildman–Crippen MR) is 68.0 cm³/mol. The number of non-ortho nitro benzene ring substituents is 1. The Morgan fingerprint density at radius 1 is 1.05 bits per heavy atom. The number of hydrogen-bond acceptors (Lipinski definition) is 6. The molecule has 106 valence electrons. The van der Waals surface area contributed by atoms with E-state index in [1.165, 1.54) is 24.3 Å². The molecule has 1 heterocycles. The van der Waals surface area contributed by atoms with Gasteiger partial charge in [-0.3, -0.25) is 10.1 Å². The number of carboxylic acid groups (broad SMARTS) is 2. The molecule has 0 saturated heterocycles. The Morgan fingerprint density at radius 2 is 1.62 bits per heavy atom. The molecule has 0 unspecified atom stereocenters. The fraction of sp³-hybridized carbons (Fsp3) is 0. The minimum Gasteiger partial charge on any atom is -0.476 e. The van der Waals surface area contributed by atoms with E-state index in [1.54, 1.807) is 0 Å². The van der Waals surface area contributed by atoms with E-state index in [2.05, 4.69) is 9.97 Å². The Hall–Kier alpha value is -3.36. The number of nitro benzene ring substituents is 1. The second-order valence-corrected chi connectivity index (χ2v) is 3.87. The third kappa shape index (κ3) is 2.81. The topological polar surface area (TPSA) is 144 Å². The average Bonchev–Trinajstić information content (AvgIpc) is 2.46. The van der Waals surface area contributed by atoms with E-state index >= 15 is 0 Å². The highest BCUT2D eigenvalue weighted by atomic mass is 16.6. The van der Waals surface area contributed by atoms with E-state index in [0.29, 0.717) is 5.56 Å². The van der Waals surface area contributed by atoms with E-state index in [0.717, 1.165) is 6.20 Å². The molecule has 0 amide bonds. The molecule has 2 N–H and O–H groups in total. The second-order valence-electron chi connectivity index (χ2n) is 3.87. The summed E-state index contributed by atoms with van der Waals surface area (Å²) in [5.74, 6) is -3.03. The first-order valence-electron chi connectivity index (χ1n) is 5.48. The minimum absolute atomic E-state index is 0.104. The Kier molecular flexibility index (Phi) is 3.57. The van der Waals surface area contributed by atoms with Gasteiger partial charge in [0.1, 0.15) is 0 Å². The zero-order valence-electron chi connectivity index (χ0n) is 10.3. The maximum absolute atomic E-state index is 11.0. The molecule has 0 aliphatic carbocycles. The number of nitrogens with zero attached hydrogens (tertiary/aromatic N) is 3. The van der Waals surface area contributed by atoms with E-state index < -0.39 is 28.2 Å². The van der Waals surface area contributed by atoms with Crippen molar-refractivity contribution in [1.82, 2.24) is 9.97 Å². The van der Waals surface area contributed by atoms with Crippen molar-refractivity contribution < 1.29 is 24.7 Å². The van der Waals surface area contributed by atoms with Crippen molar-refractivity contribution in [2.24, 2.45) is 0 Å². The summed E-state index contributed by atoms with van der Waals surface area (Å²) in [4.78, 5) is 39.1. The maximum atomic E-state index is 11.0. The Morgan fingerprint density at radius 3 is 2.10 bits per heavy atom. The summed E-state index contributed by atoms with van der Waals surface area (Å²) in [7, 11) is 0. The number of aromatic carboxylic acids is 2. The van der Waals surface area contributed by atoms with Crippen LogP contribution in [0, 0.1) is 10.1 Å². The molecular formula is C12H7N3O6. The molecule has 2 rings (SSSR count). The van der Waals surface area contributed by atoms with E-state index in [4.69, 9.17) is 10.2 Å². The lowest BCUT2D eigenvalue weighted by Crippen LogP contribution is -2.13. The van der Waals surface area contributed by atoms with Crippen LogP contribution in [0.2, 0.25) is 0 Å². The van der Waals surface area contributed by atoms with Gasteiger partial charge in [-0.05, 0) is 12.1 Å². The molecule has 1 aromatic carbocycles. The first kappa shape index (κ1) is 14.1. The lowest BCUT2D eigenvalue weighted by molar-refractivity contribution is -0.384. The quantitative estimate of drug-likeness (QED) is 0.635. The SMILES string of the molecule is O=C(O)c1ncc(-c2ccc([N+](=O)[O-])cc2)nc1C(=O)O. The van der Waals surface area contributed by atoms with Crippen molar-refractivity contribution in [3.05, 3.63) is 52.0 Å². The maximum Gasteiger partial charge on any atom is 0.357 e. The lowest BCUT2D eigenvalue weighted by Gasteiger charge is -2.04. The van der Waals surface area contributed by atoms with Crippen LogP contribution in [-0.2, 0) is 0 Å². The highest BCUT2D eigenvalue weighted by molar-refractivity contribution is 5.99. The fourth-order valence-corrected chi connectivity index (χ4v) is 1.59. The smallest absolute Gasteiger partial charge is 0.357 e. The molecule has 1 aromatic heterocycles. The number of aromatic nitrogens is 2. The molecule has 9 nitrogen and oxygen atoms in total. The van der Waals surface area contributed by atoms with Gasteiger partial charge in [0.2, 0.25) is 0 Å². The van der Waals surface area contributed by atoms with Gasteiger partial charge in [-0.2, -0.15) is 0 Å². The molecular weight excluding hydrogens is 282 g/mol. The molecule has 0 atom stereocenters. The second kappa shape index (κ2) is 5.33. The fourth-order valence-electron chi connectivity index (χ4n) is 1.59. The van der Waals surface area contributed by atoms with Crippen molar-refractivity contribution in [1.29, 1.82) is 0 Å². The van der Waals surface area contributed by atoms with Crippen LogP contribution < -0.4 is 0 Å². The van der Waals surface area contributed by atoms with Gasteiger partial charge < -0.3 is 10.2 Å². The van der Waals surface area contributed by atoms with Crippen molar-refractivity contribution in [2.45, 2.75) is 0 Å². The summed E-state index contributed by atoms with van der Waals surface area (Å²) in [6.45, 7) is 0. The molecule has 21 heavy (non-hydrogen) atoms. The summed E-state index contributed by atoms with van der Waals surface area (Å²) < 4.78 is 0. The number of hydrogen-bond donors (Lipinski definition) is 2. The number of benzene rings is 1. The molecule has 0 fully saturated rings. The Bertz CT molecular complexity index is 741. The highest BCUT2D eigenvalue weighted by Crippen LogP contribution is 2.21. The van der Waals surface area contributed by atoms with Crippen LogP contribution in [0.25, 0.3) is 11.3 Å². The van der Waals surface area contributed by atoms with Gasteiger partial charge in [0.25, 0.3) is 5.69 Å². The van der Waals surface area contributed by atoms with Crippen LogP contribution in [0.4, 0.5) is 5.69 Å². The van der Waals surface area contributed by atoms with Gasteiger partial charge in [-0.15, -0.1) is 0 Å². The van der Waals surface area contributed by atoms with Crippen LogP contribution >= 0.6 is 0 Å². The Balaban J connectivity index is 2.49. The van der Waals surface area contributed by atoms with Crippen molar-refractivity contribution >= 4 is 17.6 Å². The summed E-state index contributed by atoms with van der Waals surface area (Å²) in [5, 5.41) is 28.3.